The molecule has 1 N–H and O–H groups in total. The van der Waals surface area contributed by atoms with E-state index >= 15 is 0 Å². The van der Waals surface area contributed by atoms with Crippen molar-refractivity contribution in [2.45, 2.75) is 33.3 Å². The first-order valence-electron chi connectivity index (χ1n) is 6.27. The van der Waals surface area contributed by atoms with Crippen molar-refractivity contribution in [2.24, 2.45) is 0 Å². The van der Waals surface area contributed by atoms with E-state index in [4.69, 9.17) is 9.26 Å². The summed E-state index contributed by atoms with van der Waals surface area (Å²) in [7, 11) is 0. The van der Waals surface area contributed by atoms with Crippen LogP contribution >= 0.6 is 0 Å². The van der Waals surface area contributed by atoms with Crippen LogP contribution in [0.5, 0.6) is 5.75 Å². The Hall–Kier alpha value is -2.30. The van der Waals surface area contributed by atoms with Crippen molar-refractivity contribution in [2.75, 3.05) is 0 Å². The van der Waals surface area contributed by atoms with Gasteiger partial charge in [0.2, 0.25) is 0 Å². The van der Waals surface area contributed by atoms with Gasteiger partial charge in [0.05, 0.1) is 5.69 Å². The van der Waals surface area contributed by atoms with Crippen LogP contribution < -0.4 is 0 Å². The summed E-state index contributed by atoms with van der Waals surface area (Å²) < 4.78 is 10.6. The number of rotatable bonds is 2. The van der Waals surface area contributed by atoms with Crippen molar-refractivity contribution < 1.29 is 19.2 Å². The van der Waals surface area contributed by atoms with Crippen molar-refractivity contribution >= 4 is 5.97 Å². The highest BCUT2D eigenvalue weighted by atomic mass is 16.6. The average molecular weight is 275 g/mol. The predicted molar refractivity (Wildman–Crippen MR) is 73.5 cm³/mol. The lowest BCUT2D eigenvalue weighted by molar-refractivity contribution is 0.00693. The summed E-state index contributed by atoms with van der Waals surface area (Å²) in [5, 5.41) is 13.1. The lowest BCUT2D eigenvalue weighted by Crippen LogP contribution is -2.24. The largest absolute Gasteiger partial charge is 0.508 e. The number of benzene rings is 1. The Balaban J connectivity index is 2.42. The second kappa shape index (κ2) is 5.00. The first-order valence-corrected chi connectivity index (χ1v) is 6.27. The Morgan fingerprint density at radius 2 is 1.85 bits per heavy atom. The minimum atomic E-state index is -0.590. The minimum absolute atomic E-state index is 0.142. The van der Waals surface area contributed by atoms with Gasteiger partial charge in [0, 0.05) is 5.56 Å². The summed E-state index contributed by atoms with van der Waals surface area (Å²) in [6, 6.07) is 6.35. The molecule has 0 aliphatic heterocycles. The first kappa shape index (κ1) is 14.1. The Bertz CT molecular complexity index is 620. The molecule has 1 aromatic carbocycles. The molecule has 2 rings (SSSR count). The van der Waals surface area contributed by atoms with Crippen LogP contribution in [0.3, 0.4) is 0 Å². The molecular formula is C15H17NO4. The van der Waals surface area contributed by atoms with Crippen molar-refractivity contribution in [1.29, 1.82) is 0 Å². The monoisotopic (exact) mass is 275 g/mol. The van der Waals surface area contributed by atoms with E-state index in [1.807, 2.05) is 0 Å². The highest BCUT2D eigenvalue weighted by Gasteiger charge is 2.26. The van der Waals surface area contributed by atoms with Crippen molar-refractivity contribution in [3.05, 3.63) is 35.5 Å². The van der Waals surface area contributed by atoms with E-state index in [9.17, 15) is 9.90 Å². The van der Waals surface area contributed by atoms with Gasteiger partial charge >= 0.3 is 5.97 Å². The second-order valence-corrected chi connectivity index (χ2v) is 5.52. The molecule has 0 atom stereocenters. The number of carbonyl (C=O) groups is 1. The Kier molecular flexibility index (Phi) is 3.53. The van der Waals surface area contributed by atoms with Gasteiger partial charge in [-0.3, -0.25) is 0 Å². The zero-order chi connectivity index (χ0) is 14.9. The van der Waals surface area contributed by atoms with E-state index in [0.29, 0.717) is 22.6 Å². The smallest absolute Gasteiger partial charge is 0.344 e. The number of nitrogens with zero attached hydrogens (tertiary/aromatic N) is 1. The van der Waals surface area contributed by atoms with E-state index in [1.54, 1.807) is 39.8 Å². The number of aryl methyl sites for hydroxylation is 1. The van der Waals surface area contributed by atoms with Gasteiger partial charge in [-0.1, -0.05) is 5.16 Å². The number of carbonyl (C=O) groups excluding carboxylic acids is 1. The maximum absolute atomic E-state index is 12.2. The molecule has 0 amide bonds. The molecule has 0 fully saturated rings. The molecule has 1 aromatic heterocycles. The van der Waals surface area contributed by atoms with Crippen LogP contribution in [0.15, 0.2) is 28.8 Å². The molecule has 0 saturated carbocycles. The lowest BCUT2D eigenvalue weighted by atomic mass is 10.1. The Labute approximate surface area is 117 Å². The zero-order valence-corrected chi connectivity index (χ0v) is 11.9. The van der Waals surface area contributed by atoms with E-state index in [2.05, 4.69) is 5.16 Å². The van der Waals surface area contributed by atoms with Crippen LogP contribution in [0.1, 0.15) is 36.8 Å². The molecule has 106 valence electrons. The van der Waals surface area contributed by atoms with Gasteiger partial charge in [0.25, 0.3) is 0 Å². The summed E-state index contributed by atoms with van der Waals surface area (Å²) in [6.07, 6.45) is 0. The maximum atomic E-state index is 12.2. The van der Waals surface area contributed by atoms with Gasteiger partial charge in [-0.15, -0.1) is 0 Å². The lowest BCUT2D eigenvalue weighted by Gasteiger charge is -2.19. The van der Waals surface area contributed by atoms with Crippen LogP contribution in [-0.4, -0.2) is 21.8 Å². The molecule has 5 heteroatoms. The second-order valence-electron chi connectivity index (χ2n) is 5.52. The van der Waals surface area contributed by atoms with E-state index in [1.165, 1.54) is 12.1 Å². The fourth-order valence-corrected chi connectivity index (χ4v) is 1.75. The van der Waals surface area contributed by atoms with Crippen molar-refractivity contribution in [1.82, 2.24) is 5.16 Å². The molecule has 0 spiro atoms. The van der Waals surface area contributed by atoms with Crippen LogP contribution in [0.25, 0.3) is 11.3 Å². The third kappa shape index (κ3) is 2.99. The highest BCUT2D eigenvalue weighted by molar-refractivity contribution is 5.97. The van der Waals surface area contributed by atoms with Gasteiger partial charge in [0.15, 0.2) is 5.76 Å². The van der Waals surface area contributed by atoms with Gasteiger partial charge in [0.1, 0.15) is 16.9 Å². The third-order valence-corrected chi connectivity index (χ3v) is 2.60. The van der Waals surface area contributed by atoms with Gasteiger partial charge in [-0.05, 0) is 52.0 Å². The fraction of sp³-hybridized carbons (Fsp3) is 0.333. The SMILES string of the molecule is Cc1noc(-c2ccc(O)cc2)c1C(=O)OC(C)(C)C. The molecule has 0 radical (unpaired) electrons. The van der Waals surface area contributed by atoms with E-state index in [-0.39, 0.29) is 5.75 Å². The zero-order valence-electron chi connectivity index (χ0n) is 11.9. The van der Waals surface area contributed by atoms with E-state index in [0.717, 1.165) is 0 Å². The molecular weight excluding hydrogens is 258 g/mol. The number of aromatic nitrogens is 1. The fourth-order valence-electron chi connectivity index (χ4n) is 1.75. The van der Waals surface area contributed by atoms with Crippen LogP contribution in [-0.2, 0) is 4.74 Å². The van der Waals surface area contributed by atoms with Gasteiger partial charge < -0.3 is 14.4 Å². The normalized spacial score (nSPS) is 11.4. The first-order chi connectivity index (χ1) is 9.28. The van der Waals surface area contributed by atoms with Crippen LogP contribution in [0, 0.1) is 6.92 Å². The molecule has 20 heavy (non-hydrogen) atoms. The number of ether oxygens (including phenoxy) is 1. The Morgan fingerprint density at radius 1 is 1.25 bits per heavy atom. The summed E-state index contributed by atoms with van der Waals surface area (Å²) in [5.41, 5.74) is 0.852. The topological polar surface area (TPSA) is 72.6 Å². The van der Waals surface area contributed by atoms with Crippen molar-refractivity contribution in [3.63, 3.8) is 0 Å². The number of phenolic OH excluding ortho intramolecular Hbond substituents is 1. The number of hydrogen-bond donors (Lipinski definition) is 1. The molecule has 5 nitrogen and oxygen atoms in total. The summed E-state index contributed by atoms with van der Waals surface area (Å²) >= 11 is 0. The van der Waals surface area contributed by atoms with Crippen LogP contribution in [0.2, 0.25) is 0 Å². The molecule has 0 saturated heterocycles. The van der Waals surface area contributed by atoms with Gasteiger partial charge in [-0.2, -0.15) is 0 Å². The molecule has 0 unspecified atom stereocenters. The molecule has 0 bridgehead atoms. The number of hydrogen-bond acceptors (Lipinski definition) is 5. The standard InChI is InChI=1S/C15H17NO4/c1-9-12(14(18)19-15(2,3)4)13(20-16-9)10-5-7-11(17)8-6-10/h5-8,17H,1-4H3. The predicted octanol–water partition coefficient (Wildman–Crippen LogP) is 3.31. The molecule has 0 aliphatic rings. The number of aromatic hydroxyl groups is 1. The molecule has 2 aromatic rings. The highest BCUT2D eigenvalue weighted by Crippen LogP contribution is 2.29. The van der Waals surface area contributed by atoms with Gasteiger partial charge in [-0.25, -0.2) is 4.79 Å². The van der Waals surface area contributed by atoms with Crippen molar-refractivity contribution in [3.8, 4) is 17.1 Å². The van der Waals surface area contributed by atoms with Crippen LogP contribution in [0.4, 0.5) is 0 Å². The minimum Gasteiger partial charge on any atom is -0.508 e. The van der Waals surface area contributed by atoms with E-state index < -0.39 is 11.6 Å². The molecule has 1 heterocycles. The molecule has 0 aliphatic carbocycles. The maximum Gasteiger partial charge on any atom is 0.344 e. The summed E-state index contributed by atoms with van der Waals surface area (Å²) in [4.78, 5) is 12.2. The summed E-state index contributed by atoms with van der Waals surface area (Å²) in [5.74, 6) is 0.0138. The number of phenols is 1. The average Bonchev–Trinajstić information content (AvgIpc) is 2.70. The quantitative estimate of drug-likeness (QED) is 0.851. The third-order valence-electron chi connectivity index (χ3n) is 2.60. The number of esters is 1. The summed E-state index contributed by atoms with van der Waals surface area (Å²) in [6.45, 7) is 7.09. The Morgan fingerprint density at radius 3 is 2.40 bits per heavy atom.